The van der Waals surface area contributed by atoms with Gasteiger partial charge in [-0.2, -0.15) is 0 Å². The van der Waals surface area contributed by atoms with Gasteiger partial charge < -0.3 is 15.0 Å². The minimum Gasteiger partial charge on any atom is -0.377 e. The third-order valence-electron chi connectivity index (χ3n) is 3.64. The van der Waals surface area contributed by atoms with Crippen LogP contribution in [0.1, 0.15) is 19.4 Å². The first kappa shape index (κ1) is 15.0. The van der Waals surface area contributed by atoms with Crippen LogP contribution in [-0.2, 0) is 4.74 Å². The Hall–Kier alpha value is -1.06. The van der Waals surface area contributed by atoms with Crippen LogP contribution in [0.5, 0.6) is 0 Å². The Kier molecular flexibility index (Phi) is 5.17. The fraction of sp³-hybridized carbons (Fsp3) is 0.600. The van der Waals surface area contributed by atoms with Gasteiger partial charge >= 0.3 is 0 Å². The average Bonchev–Trinajstić information content (AvgIpc) is 2.36. The molecule has 0 aliphatic carbocycles. The molecule has 0 bridgehead atoms. The molecule has 0 saturated carbocycles. The van der Waals surface area contributed by atoms with Crippen molar-refractivity contribution in [2.24, 2.45) is 0 Å². The number of ether oxygens (including phenoxy) is 1. The first-order valence-corrected chi connectivity index (χ1v) is 6.41. The maximum absolute atomic E-state index is 5.56. The maximum atomic E-state index is 5.56. The van der Waals surface area contributed by atoms with Crippen molar-refractivity contribution in [3.63, 3.8) is 0 Å². The van der Waals surface area contributed by atoms with Gasteiger partial charge in [0.15, 0.2) is 0 Å². The van der Waals surface area contributed by atoms with E-state index in [0.29, 0.717) is 0 Å². The molecule has 1 aromatic carbocycles. The number of nitrogens with one attached hydrogen (secondary N) is 1. The topological polar surface area (TPSA) is 24.5 Å². The summed E-state index contributed by atoms with van der Waals surface area (Å²) in [4.78, 5) is 2.25. The van der Waals surface area contributed by atoms with E-state index in [1.165, 1.54) is 11.3 Å². The van der Waals surface area contributed by atoms with Gasteiger partial charge in [0.2, 0.25) is 0 Å². The second-order valence-electron chi connectivity index (χ2n) is 5.36. The van der Waals surface area contributed by atoms with Crippen molar-refractivity contribution in [2.45, 2.75) is 32.4 Å². The Morgan fingerprint density at radius 2 is 1.83 bits per heavy atom. The van der Waals surface area contributed by atoms with E-state index in [4.69, 9.17) is 4.74 Å². The molecule has 1 unspecified atom stereocenters. The minimum atomic E-state index is -0.187. The van der Waals surface area contributed by atoms with Gasteiger partial charge in [0, 0.05) is 26.4 Å². The van der Waals surface area contributed by atoms with E-state index in [1.54, 1.807) is 7.11 Å². The van der Waals surface area contributed by atoms with Crippen molar-refractivity contribution in [2.75, 3.05) is 32.6 Å². The molecule has 0 spiro atoms. The smallest absolute Gasteiger partial charge is 0.0792 e. The molecule has 0 aliphatic heterocycles. The molecule has 0 radical (unpaired) electrons. The number of likely N-dealkylation sites (N-methyl/N-ethyl adjacent to an activating group) is 2. The number of aryl methyl sites for hydroxylation is 1. The normalized spacial score (nSPS) is 13.4. The first-order valence-electron chi connectivity index (χ1n) is 6.41. The van der Waals surface area contributed by atoms with Gasteiger partial charge in [0.05, 0.1) is 11.6 Å². The molecule has 18 heavy (non-hydrogen) atoms. The number of methoxy groups -OCH3 is 1. The molecule has 3 heteroatoms. The lowest BCUT2D eigenvalue weighted by molar-refractivity contribution is -0.00577. The minimum absolute atomic E-state index is 0.187. The molecular weight excluding hydrogens is 224 g/mol. The Balaban J connectivity index is 2.73. The second kappa shape index (κ2) is 6.21. The van der Waals surface area contributed by atoms with Crippen LogP contribution in [0.25, 0.3) is 0 Å². The monoisotopic (exact) mass is 250 g/mol. The van der Waals surface area contributed by atoms with E-state index < -0.39 is 0 Å². The summed E-state index contributed by atoms with van der Waals surface area (Å²) in [5.74, 6) is 0. The molecule has 1 atom stereocenters. The highest BCUT2D eigenvalue weighted by molar-refractivity contribution is 5.46. The molecule has 1 aromatic rings. The van der Waals surface area contributed by atoms with Gasteiger partial charge in [-0.05, 0) is 40.0 Å². The molecule has 1 N–H and O–H groups in total. The quantitative estimate of drug-likeness (QED) is 0.839. The molecule has 0 fully saturated rings. The summed E-state index contributed by atoms with van der Waals surface area (Å²) in [5.41, 5.74) is 2.33. The summed E-state index contributed by atoms with van der Waals surface area (Å²) in [6.45, 7) is 7.23. The van der Waals surface area contributed by atoms with Crippen LogP contribution in [0.4, 0.5) is 5.69 Å². The zero-order valence-electron chi connectivity index (χ0n) is 12.4. The fourth-order valence-electron chi connectivity index (χ4n) is 1.98. The lowest BCUT2D eigenvalue weighted by Crippen LogP contribution is -2.52. The van der Waals surface area contributed by atoms with Crippen LogP contribution in [-0.4, -0.2) is 39.4 Å². The molecule has 0 aromatic heterocycles. The molecule has 0 heterocycles. The lowest BCUT2D eigenvalue weighted by Gasteiger charge is -2.36. The Morgan fingerprint density at radius 1 is 1.28 bits per heavy atom. The summed E-state index contributed by atoms with van der Waals surface area (Å²) in [6.07, 6.45) is 0. The summed E-state index contributed by atoms with van der Waals surface area (Å²) in [6, 6.07) is 8.86. The zero-order valence-corrected chi connectivity index (χ0v) is 12.4. The van der Waals surface area contributed by atoms with E-state index in [9.17, 15) is 0 Å². The number of anilines is 1. The molecule has 102 valence electrons. The first-order chi connectivity index (χ1) is 8.40. The van der Waals surface area contributed by atoms with E-state index in [2.05, 4.69) is 62.3 Å². The van der Waals surface area contributed by atoms with E-state index in [0.717, 1.165) is 6.54 Å². The second-order valence-corrected chi connectivity index (χ2v) is 5.36. The number of nitrogens with zero attached hydrogens (tertiary/aromatic N) is 1. The van der Waals surface area contributed by atoms with Crippen molar-refractivity contribution in [1.82, 2.24) is 5.32 Å². The largest absolute Gasteiger partial charge is 0.377 e. The third-order valence-corrected chi connectivity index (χ3v) is 3.64. The summed E-state index contributed by atoms with van der Waals surface area (Å²) in [5, 5.41) is 3.34. The van der Waals surface area contributed by atoms with Crippen LogP contribution >= 0.6 is 0 Å². The Bertz CT molecular complexity index is 359. The number of benzene rings is 1. The van der Waals surface area contributed by atoms with Gasteiger partial charge in [-0.3, -0.25) is 0 Å². The van der Waals surface area contributed by atoms with Crippen molar-refractivity contribution >= 4 is 5.69 Å². The number of rotatable bonds is 6. The van der Waals surface area contributed by atoms with E-state index in [1.807, 2.05) is 7.05 Å². The molecule has 0 aliphatic rings. The summed E-state index contributed by atoms with van der Waals surface area (Å²) < 4.78 is 5.56. The third kappa shape index (κ3) is 3.72. The van der Waals surface area contributed by atoms with Gasteiger partial charge in [-0.25, -0.2) is 0 Å². The van der Waals surface area contributed by atoms with Crippen LogP contribution in [0.3, 0.4) is 0 Å². The van der Waals surface area contributed by atoms with Crippen LogP contribution < -0.4 is 10.2 Å². The van der Waals surface area contributed by atoms with E-state index in [-0.39, 0.29) is 11.6 Å². The highest BCUT2D eigenvalue weighted by atomic mass is 16.5. The highest BCUT2D eigenvalue weighted by Gasteiger charge is 2.28. The van der Waals surface area contributed by atoms with Gasteiger partial charge in [0.1, 0.15) is 0 Å². The van der Waals surface area contributed by atoms with Crippen LogP contribution in [0, 0.1) is 6.92 Å². The number of hydrogen-bond donors (Lipinski definition) is 1. The highest BCUT2D eigenvalue weighted by Crippen LogP contribution is 2.18. The fourth-order valence-corrected chi connectivity index (χ4v) is 1.98. The predicted molar refractivity (Wildman–Crippen MR) is 78.4 cm³/mol. The standard InChI is InChI=1S/C15H26N2O/c1-12-7-9-13(10-8-12)17(5)11-14(16-4)15(2,3)18-6/h7-10,14,16H,11H2,1-6H3. The van der Waals surface area contributed by atoms with Gasteiger partial charge in [-0.15, -0.1) is 0 Å². The maximum Gasteiger partial charge on any atom is 0.0792 e. The molecule has 1 rings (SSSR count). The van der Waals surface area contributed by atoms with Crippen molar-refractivity contribution < 1.29 is 4.74 Å². The van der Waals surface area contributed by atoms with E-state index >= 15 is 0 Å². The molecule has 3 nitrogen and oxygen atoms in total. The van der Waals surface area contributed by atoms with Gasteiger partial charge in [0.25, 0.3) is 0 Å². The Morgan fingerprint density at radius 3 is 2.28 bits per heavy atom. The Labute approximate surface area is 111 Å². The van der Waals surface area contributed by atoms with Crippen LogP contribution in [0.15, 0.2) is 24.3 Å². The van der Waals surface area contributed by atoms with Crippen molar-refractivity contribution in [1.29, 1.82) is 0 Å². The molecular formula is C15H26N2O. The predicted octanol–water partition coefficient (Wildman–Crippen LogP) is 2.44. The molecule has 0 saturated heterocycles. The number of hydrogen-bond acceptors (Lipinski definition) is 3. The average molecular weight is 250 g/mol. The van der Waals surface area contributed by atoms with Crippen molar-refractivity contribution in [3.8, 4) is 0 Å². The van der Waals surface area contributed by atoms with Crippen LogP contribution in [0.2, 0.25) is 0 Å². The van der Waals surface area contributed by atoms with Crippen molar-refractivity contribution in [3.05, 3.63) is 29.8 Å². The summed E-state index contributed by atoms with van der Waals surface area (Å²) >= 11 is 0. The van der Waals surface area contributed by atoms with Gasteiger partial charge in [-0.1, -0.05) is 17.7 Å². The SMILES string of the molecule is CNC(CN(C)c1ccc(C)cc1)C(C)(C)OC. The lowest BCUT2D eigenvalue weighted by atomic mass is 9.98. The summed E-state index contributed by atoms with van der Waals surface area (Å²) in [7, 11) is 5.85. The zero-order chi connectivity index (χ0) is 13.8. The molecule has 0 amide bonds.